The normalized spacial score (nSPS) is 31.1. The molecule has 6 heteroatoms. The SMILES string of the molecule is C[C@@H]1C[C@H](c2ccncc2N)O[C@H](C)[C@]1(O)CO[Si](C)(C)C(C)(C)C. The molecule has 1 aromatic heterocycles. The van der Waals surface area contributed by atoms with Crippen molar-refractivity contribution in [2.24, 2.45) is 5.92 Å². The summed E-state index contributed by atoms with van der Waals surface area (Å²) >= 11 is 0. The highest BCUT2D eigenvalue weighted by molar-refractivity contribution is 6.74. The Kier molecular flexibility index (Phi) is 5.69. The van der Waals surface area contributed by atoms with Crippen molar-refractivity contribution in [3.63, 3.8) is 0 Å². The van der Waals surface area contributed by atoms with E-state index in [1.54, 1.807) is 12.4 Å². The summed E-state index contributed by atoms with van der Waals surface area (Å²) < 4.78 is 12.5. The quantitative estimate of drug-likeness (QED) is 0.790. The number of aliphatic hydroxyl groups is 1. The molecule has 2 heterocycles. The summed E-state index contributed by atoms with van der Waals surface area (Å²) in [7, 11) is -1.93. The second kappa shape index (κ2) is 6.99. The van der Waals surface area contributed by atoms with Crippen LogP contribution in [-0.2, 0) is 9.16 Å². The first-order valence-electron chi connectivity index (χ1n) is 9.09. The molecule has 5 nitrogen and oxygen atoms in total. The van der Waals surface area contributed by atoms with E-state index in [0.717, 1.165) is 5.56 Å². The third kappa shape index (κ3) is 4.08. The summed E-state index contributed by atoms with van der Waals surface area (Å²) in [6.07, 6.45) is 3.62. The number of anilines is 1. The van der Waals surface area contributed by atoms with Crippen molar-refractivity contribution >= 4 is 14.0 Å². The van der Waals surface area contributed by atoms with Crippen LogP contribution in [0.25, 0.3) is 0 Å². The molecule has 2 rings (SSSR count). The van der Waals surface area contributed by atoms with Gasteiger partial charge in [-0.05, 0) is 43.5 Å². The molecule has 1 fully saturated rings. The number of hydrogen-bond donors (Lipinski definition) is 2. The third-order valence-electron chi connectivity index (χ3n) is 6.20. The zero-order valence-electron chi connectivity index (χ0n) is 16.7. The molecule has 142 valence electrons. The molecule has 0 aliphatic carbocycles. The van der Waals surface area contributed by atoms with E-state index >= 15 is 0 Å². The van der Waals surface area contributed by atoms with Gasteiger partial charge >= 0.3 is 0 Å². The predicted molar refractivity (Wildman–Crippen MR) is 104 cm³/mol. The molecule has 0 saturated carbocycles. The first-order valence-corrected chi connectivity index (χ1v) is 12.0. The van der Waals surface area contributed by atoms with Crippen LogP contribution in [0.2, 0.25) is 18.1 Å². The van der Waals surface area contributed by atoms with Crippen molar-refractivity contribution in [2.45, 2.75) is 77.0 Å². The lowest BCUT2D eigenvalue weighted by atomic mass is 9.78. The summed E-state index contributed by atoms with van der Waals surface area (Å²) in [5, 5.41) is 11.4. The van der Waals surface area contributed by atoms with E-state index in [4.69, 9.17) is 14.9 Å². The second-order valence-corrected chi connectivity index (χ2v) is 13.8. The zero-order valence-corrected chi connectivity index (χ0v) is 17.7. The van der Waals surface area contributed by atoms with Gasteiger partial charge in [0.25, 0.3) is 0 Å². The van der Waals surface area contributed by atoms with Crippen LogP contribution >= 0.6 is 0 Å². The van der Waals surface area contributed by atoms with Crippen LogP contribution in [0.5, 0.6) is 0 Å². The maximum Gasteiger partial charge on any atom is 0.192 e. The van der Waals surface area contributed by atoms with Gasteiger partial charge in [0.15, 0.2) is 8.32 Å². The Bertz CT molecular complexity index is 589. The lowest BCUT2D eigenvalue weighted by Gasteiger charge is -2.48. The summed E-state index contributed by atoms with van der Waals surface area (Å²) in [5.41, 5.74) is 6.64. The molecular weight excluding hydrogens is 332 g/mol. The van der Waals surface area contributed by atoms with Crippen LogP contribution in [0.15, 0.2) is 18.5 Å². The number of hydrogen-bond acceptors (Lipinski definition) is 5. The Morgan fingerprint density at radius 1 is 1.40 bits per heavy atom. The molecule has 25 heavy (non-hydrogen) atoms. The Morgan fingerprint density at radius 2 is 2.04 bits per heavy atom. The third-order valence-corrected chi connectivity index (χ3v) is 10.7. The predicted octanol–water partition coefficient (Wildman–Crippen LogP) is 3.90. The van der Waals surface area contributed by atoms with Gasteiger partial charge in [0.2, 0.25) is 0 Å². The Labute approximate surface area is 153 Å². The summed E-state index contributed by atoms with van der Waals surface area (Å²) in [4.78, 5) is 4.04. The van der Waals surface area contributed by atoms with Crippen molar-refractivity contribution in [1.29, 1.82) is 0 Å². The Hall–Kier alpha value is -0.953. The van der Waals surface area contributed by atoms with Gasteiger partial charge in [-0.3, -0.25) is 4.98 Å². The molecule has 0 aromatic carbocycles. The van der Waals surface area contributed by atoms with E-state index in [1.807, 2.05) is 13.0 Å². The number of pyridine rings is 1. The number of nitrogens with two attached hydrogens (primary N) is 1. The van der Waals surface area contributed by atoms with Crippen LogP contribution in [0.4, 0.5) is 5.69 Å². The van der Waals surface area contributed by atoms with Crippen LogP contribution in [0.1, 0.15) is 52.7 Å². The van der Waals surface area contributed by atoms with Gasteiger partial charge in [-0.2, -0.15) is 0 Å². The van der Waals surface area contributed by atoms with Crippen molar-refractivity contribution in [3.8, 4) is 0 Å². The molecule has 0 spiro atoms. The number of ether oxygens (including phenoxy) is 1. The zero-order chi connectivity index (χ0) is 19.0. The first-order chi connectivity index (χ1) is 11.4. The van der Waals surface area contributed by atoms with Crippen molar-refractivity contribution in [3.05, 3.63) is 24.0 Å². The molecular formula is C19H34N2O3Si. The van der Waals surface area contributed by atoms with E-state index in [2.05, 4.69) is 45.8 Å². The highest BCUT2D eigenvalue weighted by Gasteiger charge is 2.49. The number of nitrogen functional groups attached to an aromatic ring is 1. The highest BCUT2D eigenvalue weighted by atomic mass is 28.4. The molecule has 0 unspecified atom stereocenters. The van der Waals surface area contributed by atoms with Crippen molar-refractivity contribution in [2.75, 3.05) is 12.3 Å². The van der Waals surface area contributed by atoms with Gasteiger partial charge in [-0.15, -0.1) is 0 Å². The fraction of sp³-hybridized carbons (Fsp3) is 0.737. The smallest absolute Gasteiger partial charge is 0.192 e. The van der Waals surface area contributed by atoms with Gasteiger partial charge in [-0.25, -0.2) is 0 Å². The minimum absolute atomic E-state index is 0.0404. The van der Waals surface area contributed by atoms with Crippen molar-refractivity contribution < 1.29 is 14.3 Å². The Morgan fingerprint density at radius 3 is 2.56 bits per heavy atom. The Balaban J connectivity index is 2.13. The standard InChI is InChI=1S/C19H34N2O3Si/c1-13-10-17(15-8-9-21-11-16(15)20)24-14(2)19(13,22)12-23-25(6,7)18(3,4)5/h8-9,11,13-14,17,22H,10,12,20H2,1-7H3/t13-,14-,17-,19+/m1/s1. The fourth-order valence-corrected chi connectivity index (χ4v) is 4.05. The van der Waals surface area contributed by atoms with E-state index < -0.39 is 13.9 Å². The summed E-state index contributed by atoms with van der Waals surface area (Å²) in [5.74, 6) is 0.0404. The summed E-state index contributed by atoms with van der Waals surface area (Å²) in [6, 6.07) is 1.90. The van der Waals surface area contributed by atoms with E-state index in [1.165, 1.54) is 0 Å². The van der Waals surface area contributed by atoms with E-state index in [9.17, 15) is 5.11 Å². The molecule has 3 N–H and O–H groups in total. The second-order valence-electron chi connectivity index (χ2n) is 8.95. The van der Waals surface area contributed by atoms with Gasteiger partial charge in [0.1, 0.15) is 5.60 Å². The lowest BCUT2D eigenvalue weighted by Crippen LogP contribution is -2.57. The molecule has 1 aliphatic rings. The molecule has 1 saturated heterocycles. The topological polar surface area (TPSA) is 77.6 Å². The van der Waals surface area contributed by atoms with Gasteiger partial charge in [0.05, 0.1) is 30.7 Å². The maximum absolute atomic E-state index is 11.3. The highest BCUT2D eigenvalue weighted by Crippen LogP contribution is 2.44. The molecule has 0 radical (unpaired) electrons. The first kappa shape index (κ1) is 20.4. The molecule has 1 aliphatic heterocycles. The van der Waals surface area contributed by atoms with Crippen LogP contribution in [0.3, 0.4) is 0 Å². The lowest BCUT2D eigenvalue weighted by molar-refractivity contribution is -0.210. The molecule has 0 bridgehead atoms. The van der Waals surface area contributed by atoms with E-state index in [0.29, 0.717) is 18.7 Å². The van der Waals surface area contributed by atoms with Crippen LogP contribution in [-0.4, -0.2) is 36.7 Å². The molecule has 1 aromatic rings. The molecule has 0 amide bonds. The average molecular weight is 367 g/mol. The largest absolute Gasteiger partial charge is 0.414 e. The van der Waals surface area contributed by atoms with E-state index in [-0.39, 0.29) is 23.2 Å². The minimum Gasteiger partial charge on any atom is -0.414 e. The van der Waals surface area contributed by atoms with Crippen LogP contribution < -0.4 is 5.73 Å². The molecule has 4 atom stereocenters. The average Bonchev–Trinajstić information content (AvgIpc) is 2.50. The number of rotatable bonds is 4. The summed E-state index contributed by atoms with van der Waals surface area (Å²) in [6.45, 7) is 15.3. The minimum atomic E-state index is -1.93. The van der Waals surface area contributed by atoms with Gasteiger partial charge in [-0.1, -0.05) is 27.7 Å². The maximum atomic E-state index is 11.3. The van der Waals surface area contributed by atoms with Gasteiger partial charge < -0.3 is 20.0 Å². The number of nitrogens with zero attached hydrogens (tertiary/aromatic N) is 1. The van der Waals surface area contributed by atoms with Gasteiger partial charge in [0, 0.05) is 11.8 Å². The number of aromatic nitrogens is 1. The fourth-order valence-electron chi connectivity index (χ4n) is 3.03. The van der Waals surface area contributed by atoms with Crippen LogP contribution in [0, 0.1) is 5.92 Å². The monoisotopic (exact) mass is 366 g/mol. The van der Waals surface area contributed by atoms with Crippen molar-refractivity contribution in [1.82, 2.24) is 4.98 Å².